The summed E-state index contributed by atoms with van der Waals surface area (Å²) >= 11 is 0. The second-order valence-electron chi connectivity index (χ2n) is 4.87. The molecule has 1 aromatic rings. The largest absolute Gasteiger partial charge is 0.494 e. The monoisotopic (exact) mass is 281 g/mol. The van der Waals surface area contributed by atoms with E-state index in [1.165, 1.54) is 19.2 Å². The van der Waals surface area contributed by atoms with Crippen LogP contribution in [0, 0.1) is 5.82 Å². The summed E-state index contributed by atoms with van der Waals surface area (Å²) in [7, 11) is 1.40. The first-order chi connectivity index (χ1) is 9.65. The number of ether oxygens (including phenoxy) is 2. The molecule has 1 fully saturated rings. The summed E-state index contributed by atoms with van der Waals surface area (Å²) in [6.07, 6.45) is 0.529. The fourth-order valence-electron chi connectivity index (χ4n) is 2.39. The van der Waals surface area contributed by atoms with E-state index in [9.17, 15) is 9.18 Å². The van der Waals surface area contributed by atoms with Crippen LogP contribution in [0.1, 0.15) is 23.7 Å². The number of hydrogen-bond donors (Lipinski definition) is 0. The second kappa shape index (κ2) is 6.81. The van der Waals surface area contributed by atoms with Gasteiger partial charge < -0.3 is 9.47 Å². The summed E-state index contributed by atoms with van der Waals surface area (Å²) in [5, 5.41) is 0. The zero-order chi connectivity index (χ0) is 14.5. The molecule has 0 saturated carbocycles. The van der Waals surface area contributed by atoms with Gasteiger partial charge in [-0.1, -0.05) is 6.92 Å². The van der Waals surface area contributed by atoms with Gasteiger partial charge in [0, 0.05) is 18.7 Å². The third-order valence-electron chi connectivity index (χ3n) is 3.42. The summed E-state index contributed by atoms with van der Waals surface area (Å²) < 4.78 is 24.0. The number of methoxy groups -OCH3 is 1. The van der Waals surface area contributed by atoms with Gasteiger partial charge in [0.25, 0.3) is 0 Å². The molecule has 0 aromatic heterocycles. The number of hydrogen-bond acceptors (Lipinski definition) is 4. The molecule has 1 heterocycles. The van der Waals surface area contributed by atoms with Crippen molar-refractivity contribution in [2.45, 2.75) is 19.4 Å². The van der Waals surface area contributed by atoms with Gasteiger partial charge in [-0.05, 0) is 31.2 Å². The van der Waals surface area contributed by atoms with E-state index in [0.29, 0.717) is 18.7 Å². The third kappa shape index (κ3) is 3.35. The normalized spacial score (nSPS) is 19.9. The molecule has 2 rings (SSSR count). The SMILES string of the molecule is CCCN1CCOC(C(=O)c2ccc(OC)c(F)c2)C1. The molecular weight excluding hydrogens is 261 g/mol. The van der Waals surface area contributed by atoms with Gasteiger partial charge in [-0.2, -0.15) is 0 Å². The Morgan fingerprint density at radius 3 is 3.00 bits per heavy atom. The van der Waals surface area contributed by atoms with Crippen molar-refractivity contribution in [2.24, 2.45) is 0 Å². The van der Waals surface area contributed by atoms with Crippen LogP contribution in [0.2, 0.25) is 0 Å². The topological polar surface area (TPSA) is 38.8 Å². The lowest BCUT2D eigenvalue weighted by molar-refractivity contribution is -0.0163. The van der Waals surface area contributed by atoms with Crippen LogP contribution in [0.4, 0.5) is 4.39 Å². The van der Waals surface area contributed by atoms with E-state index >= 15 is 0 Å². The Hall–Kier alpha value is -1.46. The number of rotatable bonds is 5. The minimum Gasteiger partial charge on any atom is -0.494 e. The maximum atomic E-state index is 13.6. The number of Topliss-reactive ketones (excluding diaryl/α,β-unsaturated/α-hetero) is 1. The van der Waals surface area contributed by atoms with Gasteiger partial charge in [-0.25, -0.2) is 4.39 Å². The molecule has 0 N–H and O–H groups in total. The molecule has 1 aliphatic heterocycles. The van der Waals surface area contributed by atoms with Gasteiger partial charge >= 0.3 is 0 Å². The first kappa shape index (κ1) is 14.9. The molecule has 0 radical (unpaired) electrons. The average molecular weight is 281 g/mol. The van der Waals surface area contributed by atoms with Crippen molar-refractivity contribution in [3.63, 3.8) is 0 Å². The molecule has 110 valence electrons. The average Bonchev–Trinajstić information content (AvgIpc) is 2.47. The van der Waals surface area contributed by atoms with Crippen molar-refractivity contribution in [1.82, 2.24) is 4.90 Å². The van der Waals surface area contributed by atoms with Crippen LogP contribution in [-0.4, -0.2) is 50.1 Å². The summed E-state index contributed by atoms with van der Waals surface area (Å²) in [6.45, 7) is 5.00. The quantitative estimate of drug-likeness (QED) is 0.775. The molecule has 1 atom stereocenters. The molecule has 1 unspecified atom stereocenters. The second-order valence-corrected chi connectivity index (χ2v) is 4.87. The van der Waals surface area contributed by atoms with Crippen molar-refractivity contribution in [2.75, 3.05) is 33.4 Å². The zero-order valence-electron chi connectivity index (χ0n) is 11.9. The summed E-state index contributed by atoms with van der Waals surface area (Å²) in [6, 6.07) is 4.25. The van der Waals surface area contributed by atoms with Crippen LogP contribution >= 0.6 is 0 Å². The first-order valence-electron chi connectivity index (χ1n) is 6.87. The van der Waals surface area contributed by atoms with Crippen molar-refractivity contribution >= 4 is 5.78 Å². The van der Waals surface area contributed by atoms with Crippen LogP contribution < -0.4 is 4.74 Å². The summed E-state index contributed by atoms with van der Waals surface area (Å²) in [4.78, 5) is 14.5. The molecule has 1 aliphatic rings. The molecule has 0 amide bonds. The Morgan fingerprint density at radius 1 is 1.55 bits per heavy atom. The smallest absolute Gasteiger partial charge is 0.192 e. The van der Waals surface area contributed by atoms with Crippen molar-refractivity contribution in [3.8, 4) is 5.75 Å². The molecule has 0 aliphatic carbocycles. The lowest BCUT2D eigenvalue weighted by Gasteiger charge is -2.31. The van der Waals surface area contributed by atoms with Gasteiger partial charge in [-0.3, -0.25) is 9.69 Å². The van der Waals surface area contributed by atoms with Gasteiger partial charge in [0.2, 0.25) is 0 Å². The minimum absolute atomic E-state index is 0.138. The predicted octanol–water partition coefficient (Wildman–Crippen LogP) is 2.13. The number of carbonyl (C=O) groups is 1. The number of benzene rings is 1. The van der Waals surface area contributed by atoms with Gasteiger partial charge in [0.05, 0.1) is 13.7 Å². The van der Waals surface area contributed by atoms with Gasteiger partial charge in [0.1, 0.15) is 6.10 Å². The molecule has 0 bridgehead atoms. The van der Waals surface area contributed by atoms with E-state index in [1.54, 1.807) is 6.07 Å². The number of halogens is 1. The fourth-order valence-corrected chi connectivity index (χ4v) is 2.39. The summed E-state index contributed by atoms with van der Waals surface area (Å²) in [5.74, 6) is -0.564. The first-order valence-corrected chi connectivity index (χ1v) is 6.87. The number of morpholine rings is 1. The Bertz CT molecular complexity index is 476. The van der Waals surface area contributed by atoms with E-state index in [-0.39, 0.29) is 11.5 Å². The highest BCUT2D eigenvalue weighted by Crippen LogP contribution is 2.20. The van der Waals surface area contributed by atoms with E-state index in [0.717, 1.165) is 19.5 Å². The molecule has 5 heteroatoms. The van der Waals surface area contributed by atoms with Gasteiger partial charge in [0.15, 0.2) is 17.3 Å². The fraction of sp³-hybridized carbons (Fsp3) is 0.533. The highest BCUT2D eigenvalue weighted by molar-refractivity contribution is 5.99. The van der Waals surface area contributed by atoms with Crippen molar-refractivity contribution < 1.29 is 18.7 Å². The van der Waals surface area contributed by atoms with E-state index in [4.69, 9.17) is 9.47 Å². The van der Waals surface area contributed by atoms with Crippen LogP contribution in [0.15, 0.2) is 18.2 Å². The molecule has 20 heavy (non-hydrogen) atoms. The van der Waals surface area contributed by atoms with Crippen LogP contribution in [0.3, 0.4) is 0 Å². The zero-order valence-corrected chi connectivity index (χ0v) is 11.9. The highest BCUT2D eigenvalue weighted by atomic mass is 19.1. The maximum absolute atomic E-state index is 13.6. The van der Waals surface area contributed by atoms with Crippen molar-refractivity contribution in [1.29, 1.82) is 0 Å². The minimum atomic E-state index is -0.528. The van der Waals surface area contributed by atoms with Gasteiger partial charge in [-0.15, -0.1) is 0 Å². The van der Waals surface area contributed by atoms with Crippen molar-refractivity contribution in [3.05, 3.63) is 29.6 Å². The maximum Gasteiger partial charge on any atom is 0.192 e. The number of carbonyl (C=O) groups excluding carboxylic acids is 1. The lowest BCUT2D eigenvalue weighted by atomic mass is 10.0. The lowest BCUT2D eigenvalue weighted by Crippen LogP contribution is -2.46. The predicted molar refractivity (Wildman–Crippen MR) is 73.8 cm³/mol. The number of ketones is 1. The molecule has 1 aromatic carbocycles. The van der Waals surface area contributed by atoms with Crippen LogP contribution in [0.25, 0.3) is 0 Å². The Labute approximate surface area is 118 Å². The molecule has 1 saturated heterocycles. The molecular formula is C15H20FNO3. The van der Waals surface area contributed by atoms with Crippen LogP contribution in [-0.2, 0) is 4.74 Å². The van der Waals surface area contributed by atoms with E-state index in [1.807, 2.05) is 0 Å². The number of nitrogens with zero attached hydrogens (tertiary/aromatic N) is 1. The molecule has 0 spiro atoms. The Balaban J connectivity index is 2.08. The summed E-state index contributed by atoms with van der Waals surface area (Å²) in [5.41, 5.74) is 0.326. The van der Waals surface area contributed by atoms with E-state index in [2.05, 4.69) is 11.8 Å². The molecule has 4 nitrogen and oxygen atoms in total. The highest BCUT2D eigenvalue weighted by Gasteiger charge is 2.27. The third-order valence-corrected chi connectivity index (χ3v) is 3.42. The Morgan fingerprint density at radius 2 is 2.35 bits per heavy atom. The van der Waals surface area contributed by atoms with E-state index < -0.39 is 11.9 Å². The van der Waals surface area contributed by atoms with Crippen LogP contribution in [0.5, 0.6) is 5.75 Å². The Kier molecular flexibility index (Phi) is 5.09. The standard InChI is InChI=1S/C15H20FNO3/c1-3-6-17-7-8-20-14(10-17)15(18)11-4-5-13(19-2)12(16)9-11/h4-5,9,14H,3,6-8,10H2,1-2H3.